The summed E-state index contributed by atoms with van der Waals surface area (Å²) in [7, 11) is 0. The highest BCUT2D eigenvalue weighted by Gasteiger charge is 2.04. The van der Waals surface area contributed by atoms with Crippen molar-refractivity contribution in [3.63, 3.8) is 0 Å². The van der Waals surface area contributed by atoms with Crippen molar-refractivity contribution in [1.29, 1.82) is 0 Å². The Morgan fingerprint density at radius 2 is 2.05 bits per heavy atom. The lowest BCUT2D eigenvalue weighted by Crippen LogP contribution is -2.08. The number of rotatable bonds is 5. The fourth-order valence-corrected chi connectivity index (χ4v) is 2.21. The largest absolute Gasteiger partial charge is 0.369 e. The fraction of sp³-hybridized carbons (Fsp3) is 0.267. The Morgan fingerprint density at radius 1 is 1.19 bits per heavy atom. The molecule has 3 aromatic rings. The summed E-state index contributed by atoms with van der Waals surface area (Å²) in [6.45, 7) is 3.75. The van der Waals surface area contributed by atoms with Crippen molar-refractivity contribution in [2.24, 2.45) is 0 Å². The molecule has 0 bridgehead atoms. The maximum absolute atomic E-state index is 4.49. The molecule has 0 amide bonds. The van der Waals surface area contributed by atoms with Crippen molar-refractivity contribution in [3.05, 3.63) is 48.8 Å². The van der Waals surface area contributed by atoms with Crippen LogP contribution in [0.2, 0.25) is 0 Å². The summed E-state index contributed by atoms with van der Waals surface area (Å²) in [5, 5.41) is 4.48. The van der Waals surface area contributed by atoms with Crippen LogP contribution in [0.5, 0.6) is 0 Å². The van der Waals surface area contributed by atoms with E-state index in [4.69, 9.17) is 0 Å². The first kappa shape index (κ1) is 15.3. The quantitative estimate of drug-likeness (QED) is 0.736. The fourth-order valence-electron chi connectivity index (χ4n) is 2.21. The van der Waals surface area contributed by atoms with E-state index >= 15 is 0 Å². The van der Waals surface area contributed by atoms with Crippen LogP contribution >= 0.6 is 12.4 Å². The van der Waals surface area contributed by atoms with Gasteiger partial charge in [-0.25, -0.2) is 15.0 Å². The first-order valence-corrected chi connectivity index (χ1v) is 6.76. The number of benzene rings is 1. The maximum atomic E-state index is 4.49. The van der Waals surface area contributed by atoms with Gasteiger partial charge in [0.25, 0.3) is 0 Å². The number of anilines is 1. The highest BCUT2D eigenvalue weighted by molar-refractivity contribution is 5.88. The summed E-state index contributed by atoms with van der Waals surface area (Å²) in [6, 6.07) is 8.07. The molecule has 0 aliphatic heterocycles. The smallest absolute Gasteiger partial charge is 0.137 e. The zero-order chi connectivity index (χ0) is 13.8. The van der Waals surface area contributed by atoms with Crippen LogP contribution in [0.15, 0.2) is 43.0 Å². The van der Waals surface area contributed by atoms with Crippen molar-refractivity contribution >= 4 is 29.1 Å². The molecule has 0 saturated heterocycles. The van der Waals surface area contributed by atoms with Crippen LogP contribution in [-0.4, -0.2) is 26.1 Å². The van der Waals surface area contributed by atoms with Crippen molar-refractivity contribution in [2.75, 3.05) is 11.9 Å². The molecule has 21 heavy (non-hydrogen) atoms. The van der Waals surface area contributed by atoms with Crippen LogP contribution < -0.4 is 5.32 Å². The Hall–Kier alpha value is -2.14. The molecule has 0 aliphatic rings. The van der Waals surface area contributed by atoms with Crippen LogP contribution in [0.25, 0.3) is 10.9 Å². The van der Waals surface area contributed by atoms with Crippen LogP contribution in [0, 0.1) is 6.92 Å². The van der Waals surface area contributed by atoms with E-state index in [-0.39, 0.29) is 12.4 Å². The molecule has 0 unspecified atom stereocenters. The molecule has 6 heteroatoms. The van der Waals surface area contributed by atoms with E-state index in [0.717, 1.165) is 42.1 Å². The molecule has 1 N–H and O–H groups in total. The van der Waals surface area contributed by atoms with Crippen molar-refractivity contribution in [1.82, 2.24) is 19.5 Å². The Balaban J connectivity index is 0.00000161. The lowest BCUT2D eigenvalue weighted by molar-refractivity contribution is 0.660. The molecule has 0 aliphatic carbocycles. The summed E-state index contributed by atoms with van der Waals surface area (Å²) in [5.74, 6) is 1.71. The minimum atomic E-state index is 0. The predicted octanol–water partition coefficient (Wildman–Crippen LogP) is 3.06. The van der Waals surface area contributed by atoms with E-state index < -0.39 is 0 Å². The molecule has 0 radical (unpaired) electrons. The van der Waals surface area contributed by atoms with Gasteiger partial charge in [-0.05, 0) is 25.5 Å². The molecule has 5 nitrogen and oxygen atoms in total. The van der Waals surface area contributed by atoms with Gasteiger partial charge in [0.15, 0.2) is 0 Å². The number of nitrogens with one attached hydrogen (secondary N) is 1. The second kappa shape index (κ2) is 7.04. The summed E-state index contributed by atoms with van der Waals surface area (Å²) in [5.41, 5.74) is 0.983. The third-order valence-corrected chi connectivity index (χ3v) is 3.16. The van der Waals surface area contributed by atoms with Gasteiger partial charge < -0.3 is 9.88 Å². The molecular weight excluding hydrogens is 286 g/mol. The molecule has 3 rings (SSSR count). The van der Waals surface area contributed by atoms with Gasteiger partial charge in [0.2, 0.25) is 0 Å². The minimum absolute atomic E-state index is 0. The van der Waals surface area contributed by atoms with Crippen LogP contribution in [0.1, 0.15) is 12.2 Å². The van der Waals surface area contributed by atoms with E-state index in [2.05, 4.69) is 24.8 Å². The Kier molecular flexibility index (Phi) is 5.11. The Labute approximate surface area is 129 Å². The molecule has 0 fully saturated rings. The number of halogens is 1. The number of aromatic nitrogens is 4. The normalized spacial score (nSPS) is 10.3. The van der Waals surface area contributed by atoms with Gasteiger partial charge in [-0.2, -0.15) is 0 Å². The predicted molar refractivity (Wildman–Crippen MR) is 86.9 cm³/mol. The molecule has 0 atom stereocenters. The highest BCUT2D eigenvalue weighted by atomic mass is 35.5. The Morgan fingerprint density at radius 3 is 2.86 bits per heavy atom. The van der Waals surface area contributed by atoms with Gasteiger partial charge in [0.1, 0.15) is 11.6 Å². The van der Waals surface area contributed by atoms with E-state index in [1.54, 1.807) is 6.20 Å². The SMILES string of the molecule is Cc1nc(NCCCn2ccnc2)c2ccccc2n1.Cl. The topological polar surface area (TPSA) is 55.6 Å². The van der Waals surface area contributed by atoms with Crippen molar-refractivity contribution in [2.45, 2.75) is 19.9 Å². The summed E-state index contributed by atoms with van der Waals surface area (Å²) in [4.78, 5) is 13.0. The highest BCUT2D eigenvalue weighted by Crippen LogP contribution is 2.19. The maximum Gasteiger partial charge on any atom is 0.137 e. The monoisotopic (exact) mass is 303 g/mol. The standard InChI is InChI=1S/C15H17N5.ClH/c1-12-18-14-6-3-2-5-13(14)15(19-12)17-7-4-9-20-10-8-16-11-20;/h2-3,5-6,8,10-11H,4,7,9H2,1H3,(H,17,18,19);1H. The van der Waals surface area contributed by atoms with Gasteiger partial charge in [-0.15, -0.1) is 12.4 Å². The van der Waals surface area contributed by atoms with E-state index in [1.165, 1.54) is 0 Å². The number of fused-ring (bicyclic) bond motifs is 1. The number of para-hydroxylation sites is 1. The van der Waals surface area contributed by atoms with Gasteiger partial charge in [-0.1, -0.05) is 12.1 Å². The second-order valence-corrected chi connectivity index (χ2v) is 4.72. The van der Waals surface area contributed by atoms with E-state index in [9.17, 15) is 0 Å². The zero-order valence-electron chi connectivity index (χ0n) is 11.9. The van der Waals surface area contributed by atoms with Gasteiger partial charge >= 0.3 is 0 Å². The molecule has 110 valence electrons. The molecular formula is C15H18ClN5. The number of imidazole rings is 1. The van der Waals surface area contributed by atoms with Crippen LogP contribution in [0.4, 0.5) is 5.82 Å². The molecule has 0 saturated carbocycles. The zero-order valence-corrected chi connectivity index (χ0v) is 12.7. The third kappa shape index (κ3) is 3.70. The summed E-state index contributed by atoms with van der Waals surface area (Å²) < 4.78 is 2.07. The number of aryl methyl sites for hydroxylation is 2. The van der Waals surface area contributed by atoms with Crippen molar-refractivity contribution < 1.29 is 0 Å². The number of nitrogens with zero attached hydrogens (tertiary/aromatic N) is 4. The Bertz CT molecular complexity index is 696. The van der Waals surface area contributed by atoms with Crippen LogP contribution in [0.3, 0.4) is 0 Å². The summed E-state index contributed by atoms with van der Waals surface area (Å²) >= 11 is 0. The average Bonchev–Trinajstić information content (AvgIpc) is 2.96. The molecule has 2 aromatic heterocycles. The van der Waals surface area contributed by atoms with Crippen molar-refractivity contribution in [3.8, 4) is 0 Å². The molecule has 1 aromatic carbocycles. The minimum Gasteiger partial charge on any atom is -0.369 e. The lowest BCUT2D eigenvalue weighted by atomic mass is 10.2. The summed E-state index contributed by atoms with van der Waals surface area (Å²) in [6.07, 6.45) is 6.64. The van der Waals surface area contributed by atoms with Crippen LogP contribution in [-0.2, 0) is 6.54 Å². The first-order valence-electron chi connectivity index (χ1n) is 6.76. The second-order valence-electron chi connectivity index (χ2n) is 4.72. The third-order valence-electron chi connectivity index (χ3n) is 3.16. The van der Waals surface area contributed by atoms with Gasteiger partial charge in [0, 0.05) is 30.9 Å². The van der Waals surface area contributed by atoms with E-state index in [1.807, 2.05) is 43.7 Å². The first-order chi connectivity index (χ1) is 9.83. The number of hydrogen-bond donors (Lipinski definition) is 1. The molecule has 2 heterocycles. The molecule has 0 spiro atoms. The van der Waals surface area contributed by atoms with Gasteiger partial charge in [0.05, 0.1) is 11.8 Å². The van der Waals surface area contributed by atoms with Gasteiger partial charge in [-0.3, -0.25) is 0 Å². The average molecular weight is 304 g/mol. The lowest BCUT2D eigenvalue weighted by Gasteiger charge is -2.09. The number of hydrogen-bond acceptors (Lipinski definition) is 4. The van der Waals surface area contributed by atoms with E-state index in [0.29, 0.717) is 0 Å².